The fraction of sp³-hybridized carbons (Fsp3) is 0.538. The van der Waals surface area contributed by atoms with E-state index in [1.807, 2.05) is 30.3 Å². The van der Waals surface area contributed by atoms with Crippen LogP contribution in [-0.2, 0) is 0 Å². The molecular formula is C13H20O2. The molecule has 0 amide bonds. The molecule has 0 aliphatic carbocycles. The molecule has 0 radical (unpaired) electrons. The van der Waals surface area contributed by atoms with Gasteiger partial charge in [0.05, 0.1) is 6.10 Å². The highest BCUT2D eigenvalue weighted by atomic mass is 16.5. The average Bonchev–Trinajstić information content (AvgIpc) is 2.13. The Kier molecular flexibility index (Phi) is 3.75. The second-order valence-corrected chi connectivity index (χ2v) is 4.96. The Morgan fingerprint density at radius 2 is 1.67 bits per heavy atom. The van der Waals surface area contributed by atoms with E-state index in [-0.39, 0.29) is 11.5 Å². The average molecular weight is 208 g/mol. The Labute approximate surface area is 91.9 Å². The molecule has 0 bridgehead atoms. The third-order valence-electron chi connectivity index (χ3n) is 2.30. The van der Waals surface area contributed by atoms with Crippen LogP contribution in [-0.4, -0.2) is 17.3 Å². The summed E-state index contributed by atoms with van der Waals surface area (Å²) >= 11 is 0. The molecular weight excluding hydrogens is 188 g/mol. The van der Waals surface area contributed by atoms with Gasteiger partial charge in [-0.3, -0.25) is 0 Å². The molecule has 2 heteroatoms. The third-order valence-corrected chi connectivity index (χ3v) is 2.30. The molecule has 1 aromatic carbocycles. The quantitative estimate of drug-likeness (QED) is 0.827. The van der Waals surface area contributed by atoms with Crippen molar-refractivity contribution < 1.29 is 9.84 Å². The van der Waals surface area contributed by atoms with Crippen LogP contribution in [0.1, 0.15) is 27.7 Å². The smallest absolute Gasteiger partial charge is 0.129 e. The number of hydrogen-bond donors (Lipinski definition) is 1. The van der Waals surface area contributed by atoms with Crippen molar-refractivity contribution in [1.29, 1.82) is 0 Å². The lowest BCUT2D eigenvalue weighted by Gasteiger charge is -2.33. The van der Waals surface area contributed by atoms with Crippen LogP contribution < -0.4 is 4.74 Å². The van der Waals surface area contributed by atoms with E-state index in [0.29, 0.717) is 0 Å². The summed E-state index contributed by atoms with van der Waals surface area (Å²) in [5.74, 6) is 0.804. The van der Waals surface area contributed by atoms with E-state index in [1.54, 1.807) is 6.92 Å². The molecule has 0 aliphatic heterocycles. The van der Waals surface area contributed by atoms with Crippen molar-refractivity contribution in [2.45, 2.75) is 39.9 Å². The number of aliphatic hydroxyl groups excluding tert-OH is 1. The van der Waals surface area contributed by atoms with Crippen LogP contribution in [0.25, 0.3) is 0 Å². The summed E-state index contributed by atoms with van der Waals surface area (Å²) in [6.07, 6.45) is -0.676. The highest BCUT2D eigenvalue weighted by Gasteiger charge is 2.30. The number of hydrogen-bond acceptors (Lipinski definition) is 2. The van der Waals surface area contributed by atoms with Gasteiger partial charge < -0.3 is 9.84 Å². The number of para-hydroxylation sites is 1. The molecule has 0 saturated heterocycles. The second-order valence-electron chi connectivity index (χ2n) is 4.96. The summed E-state index contributed by atoms with van der Waals surface area (Å²) in [7, 11) is 0. The van der Waals surface area contributed by atoms with Gasteiger partial charge in [0.2, 0.25) is 0 Å². The molecule has 1 aromatic rings. The first-order valence-electron chi connectivity index (χ1n) is 5.31. The molecule has 1 rings (SSSR count). The number of rotatable bonds is 3. The minimum absolute atomic E-state index is 0.0794. The first kappa shape index (κ1) is 12.1. The lowest BCUT2D eigenvalue weighted by molar-refractivity contribution is -0.0173. The van der Waals surface area contributed by atoms with Crippen LogP contribution in [0, 0.1) is 5.41 Å². The summed E-state index contributed by atoms with van der Waals surface area (Å²) in [4.78, 5) is 0. The third kappa shape index (κ3) is 3.56. The fourth-order valence-electron chi connectivity index (χ4n) is 1.64. The number of aliphatic hydroxyl groups is 1. The molecule has 2 nitrogen and oxygen atoms in total. The maximum absolute atomic E-state index is 9.68. The van der Waals surface area contributed by atoms with Crippen molar-refractivity contribution in [2.75, 3.05) is 0 Å². The zero-order valence-electron chi connectivity index (χ0n) is 9.90. The number of ether oxygens (including phenoxy) is 1. The van der Waals surface area contributed by atoms with Crippen molar-refractivity contribution in [1.82, 2.24) is 0 Å². The van der Waals surface area contributed by atoms with Gasteiger partial charge in [0.1, 0.15) is 11.9 Å². The van der Waals surface area contributed by atoms with Gasteiger partial charge in [-0.05, 0) is 19.1 Å². The van der Waals surface area contributed by atoms with Crippen molar-refractivity contribution >= 4 is 0 Å². The normalized spacial score (nSPS) is 15.8. The van der Waals surface area contributed by atoms with Crippen molar-refractivity contribution in [2.24, 2.45) is 5.41 Å². The Morgan fingerprint density at radius 1 is 1.13 bits per heavy atom. The van der Waals surface area contributed by atoms with Gasteiger partial charge in [-0.1, -0.05) is 39.0 Å². The molecule has 2 atom stereocenters. The Morgan fingerprint density at radius 3 is 2.07 bits per heavy atom. The van der Waals surface area contributed by atoms with E-state index in [9.17, 15) is 5.11 Å². The Balaban J connectivity index is 2.77. The van der Waals surface area contributed by atoms with Crippen molar-refractivity contribution in [3.05, 3.63) is 30.3 Å². The van der Waals surface area contributed by atoms with Gasteiger partial charge in [-0.2, -0.15) is 0 Å². The maximum atomic E-state index is 9.68. The van der Waals surface area contributed by atoms with Crippen LogP contribution >= 0.6 is 0 Å². The molecule has 0 fully saturated rings. The van der Waals surface area contributed by atoms with Gasteiger partial charge in [-0.15, -0.1) is 0 Å². The van der Waals surface area contributed by atoms with Crippen LogP contribution in [0.5, 0.6) is 5.75 Å². The summed E-state index contributed by atoms with van der Waals surface area (Å²) in [5.41, 5.74) is -0.0794. The zero-order valence-corrected chi connectivity index (χ0v) is 9.90. The standard InChI is InChI=1S/C13H20O2/c1-10(14)12(13(2,3)4)15-11-8-6-5-7-9-11/h5-10,12,14H,1-4H3/t10-,12?/m0/s1. The molecule has 15 heavy (non-hydrogen) atoms. The van der Waals surface area contributed by atoms with E-state index in [4.69, 9.17) is 4.74 Å². The topological polar surface area (TPSA) is 29.5 Å². The number of benzene rings is 1. The summed E-state index contributed by atoms with van der Waals surface area (Å²) in [6.45, 7) is 7.95. The highest BCUT2D eigenvalue weighted by Crippen LogP contribution is 2.26. The van der Waals surface area contributed by atoms with Gasteiger partial charge in [-0.25, -0.2) is 0 Å². The van der Waals surface area contributed by atoms with Crippen molar-refractivity contribution in [3.8, 4) is 5.75 Å². The summed E-state index contributed by atoms with van der Waals surface area (Å²) < 4.78 is 5.79. The maximum Gasteiger partial charge on any atom is 0.129 e. The van der Waals surface area contributed by atoms with E-state index in [1.165, 1.54) is 0 Å². The molecule has 84 valence electrons. The molecule has 0 spiro atoms. The lowest BCUT2D eigenvalue weighted by Crippen LogP contribution is -2.40. The van der Waals surface area contributed by atoms with Gasteiger partial charge in [0.15, 0.2) is 0 Å². The predicted octanol–water partition coefficient (Wildman–Crippen LogP) is 2.86. The monoisotopic (exact) mass is 208 g/mol. The summed E-state index contributed by atoms with van der Waals surface area (Å²) in [6, 6.07) is 9.61. The van der Waals surface area contributed by atoms with Gasteiger partial charge in [0.25, 0.3) is 0 Å². The predicted molar refractivity (Wildman–Crippen MR) is 62.0 cm³/mol. The van der Waals surface area contributed by atoms with Gasteiger partial charge in [0, 0.05) is 5.41 Å². The minimum atomic E-state index is -0.481. The Bertz CT molecular complexity index is 285. The van der Waals surface area contributed by atoms with Crippen molar-refractivity contribution in [3.63, 3.8) is 0 Å². The fourth-order valence-corrected chi connectivity index (χ4v) is 1.64. The lowest BCUT2D eigenvalue weighted by atomic mass is 9.86. The van der Waals surface area contributed by atoms with E-state index in [2.05, 4.69) is 20.8 Å². The SMILES string of the molecule is C[C@H](O)C(Oc1ccccc1)C(C)(C)C. The molecule has 0 aromatic heterocycles. The second kappa shape index (κ2) is 4.67. The van der Waals surface area contributed by atoms with Crippen LogP contribution in [0.2, 0.25) is 0 Å². The zero-order chi connectivity index (χ0) is 11.5. The molecule has 1 N–H and O–H groups in total. The van der Waals surface area contributed by atoms with Crippen LogP contribution in [0.15, 0.2) is 30.3 Å². The first-order chi connectivity index (χ1) is 6.91. The van der Waals surface area contributed by atoms with E-state index >= 15 is 0 Å². The highest BCUT2D eigenvalue weighted by molar-refractivity contribution is 5.21. The van der Waals surface area contributed by atoms with Crippen LogP contribution in [0.4, 0.5) is 0 Å². The molecule has 0 saturated carbocycles. The summed E-state index contributed by atoms with van der Waals surface area (Å²) in [5, 5.41) is 9.68. The van der Waals surface area contributed by atoms with E-state index < -0.39 is 6.10 Å². The molecule has 0 aliphatic rings. The molecule has 0 heterocycles. The Hall–Kier alpha value is -1.02. The minimum Gasteiger partial charge on any atom is -0.487 e. The largest absolute Gasteiger partial charge is 0.487 e. The van der Waals surface area contributed by atoms with Gasteiger partial charge >= 0.3 is 0 Å². The molecule has 1 unspecified atom stereocenters. The van der Waals surface area contributed by atoms with E-state index in [0.717, 1.165) is 5.75 Å². The van der Waals surface area contributed by atoms with Crippen LogP contribution in [0.3, 0.4) is 0 Å². The first-order valence-corrected chi connectivity index (χ1v) is 5.31.